The van der Waals surface area contributed by atoms with Crippen LogP contribution in [0.4, 0.5) is 4.79 Å². The van der Waals surface area contributed by atoms with Crippen molar-refractivity contribution < 1.29 is 14.7 Å². The lowest BCUT2D eigenvalue weighted by Crippen LogP contribution is -2.50. The minimum Gasteiger partial charge on any atom is -0.480 e. The maximum Gasteiger partial charge on any atom is 0.326 e. The van der Waals surface area contributed by atoms with Gasteiger partial charge in [0, 0.05) is 19.6 Å². The van der Waals surface area contributed by atoms with Gasteiger partial charge in [0.25, 0.3) is 0 Å². The van der Waals surface area contributed by atoms with E-state index in [9.17, 15) is 14.7 Å². The number of aliphatic carboxylic acids is 1. The number of carboxylic acids is 1. The molecule has 0 radical (unpaired) electrons. The highest BCUT2D eigenvalue weighted by molar-refractivity contribution is 5.83. The van der Waals surface area contributed by atoms with Crippen molar-refractivity contribution in [1.82, 2.24) is 9.80 Å². The van der Waals surface area contributed by atoms with Crippen LogP contribution in [0.5, 0.6) is 0 Å². The highest BCUT2D eigenvalue weighted by atomic mass is 16.4. The van der Waals surface area contributed by atoms with E-state index in [1.54, 1.807) is 4.90 Å². The van der Waals surface area contributed by atoms with E-state index in [-0.39, 0.29) is 11.9 Å². The molecule has 0 aromatic rings. The highest BCUT2D eigenvalue weighted by Gasteiger charge is 2.41. The molecule has 1 N–H and O–H groups in total. The molecule has 1 saturated heterocycles. The molecular formula is C14H24N2O3. The quantitative estimate of drug-likeness (QED) is 0.830. The molecule has 1 heterocycles. The average molecular weight is 268 g/mol. The van der Waals surface area contributed by atoms with E-state index in [1.807, 2.05) is 11.8 Å². The Kier molecular flexibility index (Phi) is 4.32. The fourth-order valence-corrected chi connectivity index (χ4v) is 2.87. The van der Waals surface area contributed by atoms with Crippen LogP contribution in [0.2, 0.25) is 0 Å². The van der Waals surface area contributed by atoms with Gasteiger partial charge in [-0.1, -0.05) is 13.8 Å². The number of carbonyl (C=O) groups excluding carboxylic acids is 1. The summed E-state index contributed by atoms with van der Waals surface area (Å²) in [6.07, 6.45) is 4.10. The molecule has 5 nitrogen and oxygen atoms in total. The summed E-state index contributed by atoms with van der Waals surface area (Å²) in [6.45, 7) is 6.06. The summed E-state index contributed by atoms with van der Waals surface area (Å²) >= 11 is 0. The van der Waals surface area contributed by atoms with Crippen LogP contribution in [-0.2, 0) is 4.79 Å². The standard InChI is InChI=1S/C14H24N2O3/c1-3-7-15(9-11-4-5-11)14(19)16-8-6-10(2)12(16)13(17)18/h10-12H,3-9H2,1-2H3,(H,17,18). The van der Waals surface area contributed by atoms with Gasteiger partial charge in [-0.05, 0) is 37.5 Å². The van der Waals surface area contributed by atoms with E-state index >= 15 is 0 Å². The Labute approximate surface area is 114 Å². The normalized spacial score (nSPS) is 26.5. The Morgan fingerprint density at radius 1 is 1.32 bits per heavy atom. The van der Waals surface area contributed by atoms with Crippen molar-refractivity contribution in [1.29, 1.82) is 0 Å². The van der Waals surface area contributed by atoms with Crippen molar-refractivity contribution in [3.05, 3.63) is 0 Å². The van der Waals surface area contributed by atoms with Gasteiger partial charge in [0.2, 0.25) is 0 Å². The number of urea groups is 1. The molecule has 1 saturated carbocycles. The van der Waals surface area contributed by atoms with Crippen LogP contribution in [0.3, 0.4) is 0 Å². The summed E-state index contributed by atoms with van der Waals surface area (Å²) < 4.78 is 0. The molecule has 2 fully saturated rings. The third-order valence-electron chi connectivity index (χ3n) is 4.14. The van der Waals surface area contributed by atoms with Gasteiger partial charge in [0.05, 0.1) is 0 Å². The first-order valence-corrected chi connectivity index (χ1v) is 7.33. The van der Waals surface area contributed by atoms with E-state index in [2.05, 4.69) is 6.92 Å². The minimum absolute atomic E-state index is 0.0471. The second-order valence-corrected chi connectivity index (χ2v) is 5.91. The SMILES string of the molecule is CCCN(CC1CC1)C(=O)N1CCC(C)C1C(=O)O. The third kappa shape index (κ3) is 3.19. The number of nitrogens with zero attached hydrogens (tertiary/aromatic N) is 2. The maximum absolute atomic E-state index is 12.5. The number of rotatable bonds is 5. The fraction of sp³-hybridized carbons (Fsp3) is 0.857. The first-order valence-electron chi connectivity index (χ1n) is 7.33. The van der Waals surface area contributed by atoms with Crippen molar-refractivity contribution in [2.75, 3.05) is 19.6 Å². The number of amides is 2. The van der Waals surface area contributed by atoms with Gasteiger partial charge in [-0.2, -0.15) is 0 Å². The van der Waals surface area contributed by atoms with Gasteiger partial charge < -0.3 is 14.9 Å². The van der Waals surface area contributed by atoms with Crippen molar-refractivity contribution in [2.24, 2.45) is 11.8 Å². The molecule has 0 aromatic carbocycles. The van der Waals surface area contributed by atoms with Crippen LogP contribution in [-0.4, -0.2) is 52.6 Å². The first kappa shape index (κ1) is 14.2. The molecule has 1 aliphatic carbocycles. The number of hydrogen-bond donors (Lipinski definition) is 1. The van der Waals surface area contributed by atoms with Crippen LogP contribution in [0.1, 0.15) is 39.5 Å². The summed E-state index contributed by atoms with van der Waals surface area (Å²) in [4.78, 5) is 27.3. The monoisotopic (exact) mass is 268 g/mol. The van der Waals surface area contributed by atoms with Crippen molar-refractivity contribution in [3.8, 4) is 0 Å². The average Bonchev–Trinajstić information content (AvgIpc) is 3.08. The van der Waals surface area contributed by atoms with Crippen molar-refractivity contribution >= 4 is 12.0 Å². The van der Waals surface area contributed by atoms with Crippen LogP contribution in [0, 0.1) is 11.8 Å². The Morgan fingerprint density at radius 3 is 2.53 bits per heavy atom. The lowest BCUT2D eigenvalue weighted by atomic mass is 10.0. The molecule has 2 atom stereocenters. The molecule has 2 unspecified atom stereocenters. The summed E-state index contributed by atoms with van der Waals surface area (Å²) in [5.74, 6) is -0.189. The molecular weight excluding hydrogens is 244 g/mol. The molecule has 1 aliphatic heterocycles. The predicted molar refractivity (Wildman–Crippen MR) is 71.9 cm³/mol. The van der Waals surface area contributed by atoms with Crippen LogP contribution in [0.25, 0.3) is 0 Å². The summed E-state index contributed by atoms with van der Waals surface area (Å²) in [5, 5.41) is 9.30. The van der Waals surface area contributed by atoms with Gasteiger partial charge in [-0.15, -0.1) is 0 Å². The lowest BCUT2D eigenvalue weighted by molar-refractivity contribution is -0.142. The zero-order chi connectivity index (χ0) is 14.0. The Hall–Kier alpha value is -1.26. The summed E-state index contributed by atoms with van der Waals surface area (Å²) in [5.41, 5.74) is 0. The predicted octanol–water partition coefficient (Wildman–Crippen LogP) is 2.02. The van der Waals surface area contributed by atoms with Crippen LogP contribution >= 0.6 is 0 Å². The molecule has 0 bridgehead atoms. The smallest absolute Gasteiger partial charge is 0.326 e. The summed E-state index contributed by atoms with van der Waals surface area (Å²) in [6, 6.07) is -0.725. The van der Waals surface area contributed by atoms with Gasteiger partial charge in [-0.25, -0.2) is 9.59 Å². The zero-order valence-corrected chi connectivity index (χ0v) is 11.8. The number of carbonyl (C=O) groups is 2. The van der Waals surface area contributed by atoms with Gasteiger partial charge in [-0.3, -0.25) is 0 Å². The highest BCUT2D eigenvalue weighted by Crippen LogP contribution is 2.31. The van der Waals surface area contributed by atoms with Gasteiger partial charge in [0.1, 0.15) is 6.04 Å². The molecule has 108 valence electrons. The first-order chi connectivity index (χ1) is 9.04. The Balaban J connectivity index is 2.04. The van der Waals surface area contributed by atoms with E-state index < -0.39 is 12.0 Å². The van der Waals surface area contributed by atoms with Crippen LogP contribution < -0.4 is 0 Å². The molecule has 19 heavy (non-hydrogen) atoms. The molecule has 2 amide bonds. The second-order valence-electron chi connectivity index (χ2n) is 5.91. The largest absolute Gasteiger partial charge is 0.480 e. The minimum atomic E-state index is -0.874. The zero-order valence-electron chi connectivity index (χ0n) is 11.8. The van der Waals surface area contributed by atoms with Crippen molar-refractivity contribution in [3.63, 3.8) is 0 Å². The number of carboxylic acid groups (broad SMARTS) is 1. The molecule has 0 aromatic heterocycles. The number of hydrogen-bond acceptors (Lipinski definition) is 2. The molecule has 5 heteroatoms. The fourth-order valence-electron chi connectivity index (χ4n) is 2.87. The topological polar surface area (TPSA) is 60.9 Å². The van der Waals surface area contributed by atoms with E-state index in [0.29, 0.717) is 12.5 Å². The Morgan fingerprint density at radius 2 is 2.00 bits per heavy atom. The van der Waals surface area contributed by atoms with Crippen molar-refractivity contribution in [2.45, 2.75) is 45.6 Å². The molecule has 0 spiro atoms. The van der Waals surface area contributed by atoms with E-state index in [4.69, 9.17) is 0 Å². The maximum atomic E-state index is 12.5. The lowest BCUT2D eigenvalue weighted by Gasteiger charge is -2.31. The van der Waals surface area contributed by atoms with Gasteiger partial charge >= 0.3 is 12.0 Å². The van der Waals surface area contributed by atoms with Crippen LogP contribution in [0.15, 0.2) is 0 Å². The number of likely N-dealkylation sites (tertiary alicyclic amines) is 1. The Bertz CT molecular complexity index is 355. The van der Waals surface area contributed by atoms with Gasteiger partial charge in [0.15, 0.2) is 0 Å². The second kappa shape index (κ2) is 5.80. The molecule has 2 aliphatic rings. The van der Waals surface area contributed by atoms with E-state index in [0.717, 1.165) is 25.9 Å². The summed E-state index contributed by atoms with van der Waals surface area (Å²) in [7, 11) is 0. The van der Waals surface area contributed by atoms with E-state index in [1.165, 1.54) is 12.8 Å². The molecule has 2 rings (SSSR count). The third-order valence-corrected chi connectivity index (χ3v) is 4.14.